The molecule has 8 heteroatoms. The first-order valence-corrected chi connectivity index (χ1v) is 20.1. The number of benzene rings is 1. The predicted molar refractivity (Wildman–Crippen MR) is 158 cm³/mol. The zero-order valence-corrected chi connectivity index (χ0v) is 27.4. The minimum Gasteiger partial charge on any atom is -0.417 e. The van der Waals surface area contributed by atoms with E-state index < -0.39 is 16.6 Å². The first-order valence-electron chi connectivity index (χ1n) is 14.2. The zero-order valence-electron chi connectivity index (χ0n) is 25.4. The molecular weight excluding hydrogens is 511 g/mol. The van der Waals surface area contributed by atoms with Crippen LogP contribution >= 0.6 is 0 Å². The Bertz CT molecular complexity index is 976. The molecule has 0 radical (unpaired) electrons. The van der Waals surface area contributed by atoms with E-state index in [9.17, 15) is 9.59 Å². The van der Waals surface area contributed by atoms with Gasteiger partial charge in [0, 0.05) is 26.4 Å². The van der Waals surface area contributed by atoms with Gasteiger partial charge in [0.05, 0.1) is 11.1 Å². The molecule has 1 aromatic carbocycles. The minimum atomic E-state index is -1.73. The van der Waals surface area contributed by atoms with Crippen LogP contribution in [0, 0.1) is 23.7 Å². The number of aliphatic hydroxyl groups excluding tert-OH is 1. The Kier molecular flexibility index (Phi) is 9.26. The predicted octanol–water partition coefficient (Wildman–Crippen LogP) is 6.58. The average Bonchev–Trinajstić information content (AvgIpc) is 3.73. The Morgan fingerprint density at radius 3 is 1.53 bits per heavy atom. The second-order valence-corrected chi connectivity index (χ2v) is 24.2. The van der Waals surface area contributed by atoms with Gasteiger partial charge in [-0.25, -0.2) is 0 Å². The first kappa shape index (κ1) is 31.2. The van der Waals surface area contributed by atoms with Gasteiger partial charge in [0.1, 0.15) is 0 Å². The van der Waals surface area contributed by atoms with Crippen molar-refractivity contribution in [3.63, 3.8) is 0 Å². The van der Waals surface area contributed by atoms with Crippen LogP contribution in [0.2, 0.25) is 36.3 Å². The Morgan fingerprint density at radius 1 is 0.763 bits per heavy atom. The highest BCUT2D eigenvalue weighted by atomic mass is 28.4. The molecule has 0 bridgehead atoms. The number of rotatable bonds is 9. The highest BCUT2D eigenvalue weighted by Gasteiger charge is 2.46. The molecule has 1 N–H and O–H groups in total. The molecule has 6 nitrogen and oxygen atoms in total. The normalized spacial score (nSPS) is 25.2. The van der Waals surface area contributed by atoms with E-state index in [0.717, 1.165) is 26.1 Å². The van der Waals surface area contributed by atoms with Crippen molar-refractivity contribution >= 4 is 28.4 Å². The summed E-state index contributed by atoms with van der Waals surface area (Å²) >= 11 is 0. The fourth-order valence-corrected chi connectivity index (χ4v) is 6.31. The molecule has 2 amide bonds. The molecule has 4 unspecified atom stereocenters. The largest absolute Gasteiger partial charge is 0.417 e. The summed E-state index contributed by atoms with van der Waals surface area (Å²) in [7, 11) is -3.28. The van der Waals surface area contributed by atoms with E-state index in [1.807, 2.05) is 0 Å². The van der Waals surface area contributed by atoms with Gasteiger partial charge in [-0.05, 0) is 84.9 Å². The highest BCUT2D eigenvalue weighted by Crippen LogP contribution is 2.44. The van der Waals surface area contributed by atoms with Crippen molar-refractivity contribution < 1.29 is 23.5 Å². The Balaban J connectivity index is 0.000000244. The Morgan fingerprint density at radius 2 is 1.16 bits per heavy atom. The molecule has 1 aromatic rings. The molecule has 3 aliphatic rings. The van der Waals surface area contributed by atoms with Gasteiger partial charge in [-0.15, -0.1) is 0 Å². The summed E-state index contributed by atoms with van der Waals surface area (Å²) in [5.41, 5.74) is 1.08. The summed E-state index contributed by atoms with van der Waals surface area (Å²) < 4.78 is 12.4. The van der Waals surface area contributed by atoms with E-state index in [-0.39, 0.29) is 16.9 Å². The second kappa shape index (κ2) is 11.3. The van der Waals surface area contributed by atoms with Crippen LogP contribution in [0.4, 0.5) is 0 Å². The van der Waals surface area contributed by atoms with Crippen LogP contribution in [0.5, 0.6) is 0 Å². The molecule has 0 saturated heterocycles. The van der Waals surface area contributed by atoms with Gasteiger partial charge < -0.3 is 14.0 Å². The van der Waals surface area contributed by atoms with Gasteiger partial charge in [0.2, 0.25) is 0 Å². The molecule has 2 saturated carbocycles. The lowest BCUT2D eigenvalue weighted by molar-refractivity contribution is 0.0642. The van der Waals surface area contributed by atoms with Crippen molar-refractivity contribution in [2.75, 3.05) is 26.4 Å². The molecule has 214 valence electrons. The van der Waals surface area contributed by atoms with Crippen molar-refractivity contribution in [1.29, 1.82) is 0 Å². The maximum Gasteiger partial charge on any atom is 0.261 e. The van der Waals surface area contributed by atoms with E-state index in [4.69, 9.17) is 14.0 Å². The van der Waals surface area contributed by atoms with Crippen molar-refractivity contribution in [3.05, 3.63) is 35.4 Å². The van der Waals surface area contributed by atoms with E-state index in [0.29, 0.717) is 53.0 Å². The van der Waals surface area contributed by atoms with E-state index in [2.05, 4.69) is 67.7 Å². The number of hydrogen-bond donors (Lipinski definition) is 1. The lowest BCUT2D eigenvalue weighted by Crippen LogP contribution is -2.41. The number of hydrogen-bond acceptors (Lipinski definition) is 5. The summed E-state index contributed by atoms with van der Waals surface area (Å²) in [6, 6.07) is 7.09. The third-order valence-electron chi connectivity index (χ3n) is 9.60. The second-order valence-electron chi connectivity index (χ2n) is 14.6. The number of nitrogens with zero attached hydrogens (tertiary/aromatic N) is 1. The molecule has 4 atom stereocenters. The van der Waals surface area contributed by atoms with Gasteiger partial charge in [-0.2, -0.15) is 0 Å². The molecule has 2 fully saturated rings. The highest BCUT2D eigenvalue weighted by molar-refractivity contribution is 6.74. The van der Waals surface area contributed by atoms with Crippen LogP contribution in [0.25, 0.3) is 0 Å². The molecule has 1 aliphatic heterocycles. The fraction of sp³-hybridized carbons (Fsp3) is 0.733. The van der Waals surface area contributed by atoms with Crippen molar-refractivity contribution in [2.24, 2.45) is 23.7 Å². The number of fused-ring (bicyclic) bond motifs is 1. The van der Waals surface area contributed by atoms with Gasteiger partial charge >= 0.3 is 0 Å². The monoisotopic (exact) mass is 561 g/mol. The standard InChI is InChI=1S/C19H27NO3Si.C11H24O2Si/c1-19(2,3)24(4,5)23-12-14-10-13(14)11-20-17(21)15-8-6-7-9-16(15)18(20)22;1-11(2,3)14(4,5)13-8-10-6-9(10)7-12/h6-9,13-14H,10-12H2,1-5H3;9-10,12H,6-8H2,1-5H3. The van der Waals surface area contributed by atoms with Gasteiger partial charge in [0.25, 0.3) is 11.8 Å². The summed E-state index contributed by atoms with van der Waals surface area (Å²) in [4.78, 5) is 26.2. The quantitative estimate of drug-likeness (QED) is 0.272. The Hall–Kier alpha value is -1.33. The molecule has 1 heterocycles. The lowest BCUT2D eigenvalue weighted by atomic mass is 10.1. The van der Waals surface area contributed by atoms with Crippen LogP contribution < -0.4 is 0 Å². The van der Waals surface area contributed by atoms with Crippen molar-refractivity contribution in [3.8, 4) is 0 Å². The fourth-order valence-electron chi connectivity index (χ4n) is 4.18. The average molecular weight is 562 g/mol. The summed E-state index contributed by atoms with van der Waals surface area (Å²) in [5.74, 6) is 1.73. The van der Waals surface area contributed by atoms with Crippen LogP contribution in [0.3, 0.4) is 0 Å². The summed E-state index contributed by atoms with van der Waals surface area (Å²) in [6.07, 6.45) is 2.20. The lowest BCUT2D eigenvalue weighted by Gasteiger charge is -2.36. The van der Waals surface area contributed by atoms with Crippen LogP contribution in [0.15, 0.2) is 24.3 Å². The van der Waals surface area contributed by atoms with Crippen LogP contribution in [-0.2, 0) is 8.85 Å². The molecule has 0 spiro atoms. The molecule has 4 rings (SSSR count). The summed E-state index contributed by atoms with van der Waals surface area (Å²) in [5, 5.41) is 9.43. The molecule has 0 aromatic heterocycles. The number of aliphatic hydroxyl groups is 1. The smallest absolute Gasteiger partial charge is 0.261 e. The SMILES string of the molecule is CC(C)(C)[Si](C)(C)OCC1CC1CN1C(=O)c2ccccc2C1=O.CC(C)(C)[Si](C)(C)OCC1CC1CO. The zero-order chi connectivity index (χ0) is 28.7. The topological polar surface area (TPSA) is 76.1 Å². The number of imide groups is 1. The minimum absolute atomic E-state index is 0.147. The molecule has 2 aliphatic carbocycles. The van der Waals surface area contributed by atoms with Gasteiger partial charge in [-0.1, -0.05) is 53.7 Å². The van der Waals surface area contributed by atoms with Crippen molar-refractivity contribution in [2.45, 2.75) is 90.6 Å². The maximum atomic E-state index is 12.4. The number of carbonyl (C=O) groups excluding carboxylic acids is 2. The van der Waals surface area contributed by atoms with Gasteiger partial charge in [0.15, 0.2) is 16.6 Å². The maximum absolute atomic E-state index is 12.4. The third-order valence-corrected chi connectivity index (χ3v) is 18.6. The third kappa shape index (κ3) is 7.24. The van der Waals surface area contributed by atoms with Crippen molar-refractivity contribution in [1.82, 2.24) is 4.90 Å². The molecule has 38 heavy (non-hydrogen) atoms. The van der Waals surface area contributed by atoms with Crippen LogP contribution in [-0.4, -0.2) is 64.8 Å². The van der Waals surface area contributed by atoms with Crippen LogP contribution in [0.1, 0.15) is 75.1 Å². The number of carbonyl (C=O) groups is 2. The van der Waals surface area contributed by atoms with E-state index in [1.165, 1.54) is 4.90 Å². The molecular formula is C30H51NO5Si2. The number of amides is 2. The van der Waals surface area contributed by atoms with Gasteiger partial charge in [-0.3, -0.25) is 14.5 Å². The Labute approximate surface area is 232 Å². The first-order chi connectivity index (χ1) is 17.4. The van der Waals surface area contributed by atoms with E-state index in [1.54, 1.807) is 24.3 Å². The summed E-state index contributed by atoms with van der Waals surface area (Å²) in [6.45, 7) is 25.1. The van der Waals surface area contributed by atoms with E-state index >= 15 is 0 Å².